The summed E-state index contributed by atoms with van der Waals surface area (Å²) in [7, 11) is 0. The molecule has 0 bridgehead atoms. The molecule has 2 aliphatic carbocycles. The fraction of sp³-hybridized carbons (Fsp3) is 0.0714. The van der Waals surface area contributed by atoms with Crippen molar-refractivity contribution >= 4 is 17.3 Å². The van der Waals surface area contributed by atoms with Gasteiger partial charge in [0, 0.05) is 23.1 Å². The average Bonchev–Trinajstić information content (AvgIpc) is 2.44. The number of nitrogens with zero attached hydrogens (tertiary/aromatic N) is 1. The van der Waals surface area contributed by atoms with Crippen LogP contribution in [-0.2, 0) is 4.79 Å². The van der Waals surface area contributed by atoms with E-state index < -0.39 is 28.0 Å². The number of fused-ring (bicyclic) bond motifs is 2. The quantitative estimate of drug-likeness (QED) is 0.568. The molecule has 20 heavy (non-hydrogen) atoms. The smallest absolute Gasteiger partial charge is 0.289 e. The Balaban J connectivity index is 2.36. The second-order valence-electron chi connectivity index (χ2n) is 4.43. The first kappa shape index (κ1) is 12.2. The molecule has 0 radical (unpaired) electrons. The number of carbonyl (C=O) groups excluding carboxylic acids is 3. The van der Waals surface area contributed by atoms with Gasteiger partial charge in [0.05, 0.1) is 4.92 Å². The second kappa shape index (κ2) is 4.06. The summed E-state index contributed by atoms with van der Waals surface area (Å²) in [6, 6.07) is 6.10. The van der Waals surface area contributed by atoms with E-state index in [4.69, 9.17) is 0 Å². The molecule has 0 aromatic heterocycles. The number of carbonyl (C=O) groups is 3. The normalized spacial score (nSPS) is 17.6. The fourth-order valence-electron chi connectivity index (χ4n) is 2.45. The van der Waals surface area contributed by atoms with Crippen LogP contribution in [0.2, 0.25) is 0 Å². The highest BCUT2D eigenvalue weighted by molar-refractivity contribution is 6.33. The van der Waals surface area contributed by atoms with Gasteiger partial charge in [0.15, 0.2) is 5.78 Å². The minimum Gasteiger partial charge on any atom is -0.289 e. The zero-order valence-electron chi connectivity index (χ0n) is 10.1. The Hall–Kier alpha value is -2.89. The van der Waals surface area contributed by atoms with Crippen molar-refractivity contribution in [3.8, 4) is 0 Å². The molecule has 98 valence electrons. The first-order chi connectivity index (χ1) is 9.52. The molecule has 0 spiro atoms. The van der Waals surface area contributed by atoms with Gasteiger partial charge in [-0.2, -0.15) is 0 Å². The van der Waals surface area contributed by atoms with Crippen molar-refractivity contribution in [2.75, 3.05) is 0 Å². The van der Waals surface area contributed by atoms with Crippen molar-refractivity contribution in [2.45, 2.75) is 6.42 Å². The Kier molecular flexibility index (Phi) is 2.47. The van der Waals surface area contributed by atoms with Gasteiger partial charge in [0.1, 0.15) is 5.57 Å². The van der Waals surface area contributed by atoms with Crippen LogP contribution in [0.1, 0.15) is 27.1 Å². The van der Waals surface area contributed by atoms with Crippen LogP contribution in [0.3, 0.4) is 0 Å². The number of benzene rings is 1. The number of hydrogen-bond donors (Lipinski definition) is 0. The van der Waals surface area contributed by atoms with Crippen LogP contribution in [0.5, 0.6) is 0 Å². The molecule has 1 aromatic rings. The lowest BCUT2D eigenvalue weighted by Gasteiger charge is -2.21. The molecule has 3 rings (SSSR count). The third-order valence-corrected chi connectivity index (χ3v) is 3.33. The maximum Gasteiger partial charge on any atom is 0.324 e. The zero-order valence-corrected chi connectivity index (χ0v) is 10.1. The molecular formula is C14H7NO5. The Morgan fingerprint density at radius 2 is 1.60 bits per heavy atom. The number of Topliss-reactive ketones (excluding diaryl/α,β-unsaturated/α-hetero) is 3. The van der Waals surface area contributed by atoms with E-state index in [1.165, 1.54) is 18.2 Å². The molecule has 0 atom stereocenters. The van der Waals surface area contributed by atoms with Gasteiger partial charge in [-0.05, 0) is 0 Å². The highest BCUT2D eigenvalue weighted by atomic mass is 16.6. The molecule has 0 amide bonds. The standard InChI is InChI=1S/C14H7NO5/c16-10-6-5-9-11(12(10)15(19)20)14(18)8-4-2-1-3-7(8)13(9)17/h1-5H,6H2. The Labute approximate surface area is 112 Å². The van der Waals surface area contributed by atoms with E-state index in [1.54, 1.807) is 12.1 Å². The van der Waals surface area contributed by atoms with Crippen LogP contribution in [0.4, 0.5) is 0 Å². The first-order valence-electron chi connectivity index (χ1n) is 5.83. The largest absolute Gasteiger partial charge is 0.324 e. The van der Waals surface area contributed by atoms with Crippen LogP contribution in [0.15, 0.2) is 47.2 Å². The van der Waals surface area contributed by atoms with Crippen molar-refractivity contribution in [3.05, 3.63) is 68.4 Å². The molecule has 0 saturated carbocycles. The summed E-state index contributed by atoms with van der Waals surface area (Å²) in [5.74, 6) is -1.86. The molecule has 0 aliphatic heterocycles. The van der Waals surface area contributed by atoms with Gasteiger partial charge >= 0.3 is 5.70 Å². The molecule has 0 unspecified atom stereocenters. The van der Waals surface area contributed by atoms with Crippen LogP contribution in [0.25, 0.3) is 0 Å². The van der Waals surface area contributed by atoms with Crippen molar-refractivity contribution < 1.29 is 19.3 Å². The monoisotopic (exact) mass is 269 g/mol. The predicted molar refractivity (Wildman–Crippen MR) is 66.8 cm³/mol. The lowest BCUT2D eigenvalue weighted by atomic mass is 9.78. The minimum atomic E-state index is -0.885. The molecule has 0 fully saturated rings. The number of nitro groups is 1. The van der Waals surface area contributed by atoms with Gasteiger partial charge in [-0.25, -0.2) is 0 Å². The lowest BCUT2D eigenvalue weighted by Crippen LogP contribution is -2.30. The highest BCUT2D eigenvalue weighted by Gasteiger charge is 2.43. The highest BCUT2D eigenvalue weighted by Crippen LogP contribution is 2.34. The van der Waals surface area contributed by atoms with Crippen LogP contribution in [0, 0.1) is 10.1 Å². The molecule has 6 nitrogen and oxygen atoms in total. The third kappa shape index (κ3) is 1.48. The SMILES string of the molecule is O=C1CC=C2C(=O)c3ccccc3C(=O)C2=C1[N+](=O)[O-]. The number of ketones is 3. The van der Waals surface area contributed by atoms with Crippen molar-refractivity contribution in [3.63, 3.8) is 0 Å². The first-order valence-corrected chi connectivity index (χ1v) is 5.83. The Bertz CT molecular complexity index is 770. The Morgan fingerprint density at radius 3 is 2.20 bits per heavy atom. The molecule has 0 saturated heterocycles. The van der Waals surface area contributed by atoms with Crippen molar-refractivity contribution in [1.29, 1.82) is 0 Å². The van der Waals surface area contributed by atoms with Crippen molar-refractivity contribution in [2.24, 2.45) is 0 Å². The van der Waals surface area contributed by atoms with E-state index in [-0.39, 0.29) is 28.7 Å². The van der Waals surface area contributed by atoms with Crippen LogP contribution >= 0.6 is 0 Å². The van der Waals surface area contributed by atoms with E-state index in [1.807, 2.05) is 0 Å². The van der Waals surface area contributed by atoms with E-state index in [0.717, 1.165) is 0 Å². The van der Waals surface area contributed by atoms with Gasteiger partial charge in [0.25, 0.3) is 0 Å². The number of allylic oxidation sites excluding steroid dienone is 4. The summed E-state index contributed by atoms with van der Waals surface area (Å²) < 4.78 is 0. The summed E-state index contributed by atoms with van der Waals surface area (Å²) in [5.41, 5.74) is -0.895. The summed E-state index contributed by atoms with van der Waals surface area (Å²) in [4.78, 5) is 46.4. The summed E-state index contributed by atoms with van der Waals surface area (Å²) in [6.07, 6.45) is 1.05. The number of rotatable bonds is 1. The van der Waals surface area contributed by atoms with E-state index in [0.29, 0.717) is 0 Å². The zero-order chi connectivity index (χ0) is 14.4. The van der Waals surface area contributed by atoms with Gasteiger partial charge in [-0.1, -0.05) is 30.3 Å². The molecule has 0 N–H and O–H groups in total. The predicted octanol–water partition coefficient (Wildman–Crippen LogP) is 1.50. The van der Waals surface area contributed by atoms with Gasteiger partial charge in [0.2, 0.25) is 11.6 Å². The maximum atomic E-state index is 12.3. The van der Waals surface area contributed by atoms with Gasteiger partial charge in [-0.15, -0.1) is 0 Å². The van der Waals surface area contributed by atoms with Crippen molar-refractivity contribution in [1.82, 2.24) is 0 Å². The van der Waals surface area contributed by atoms with Crippen LogP contribution in [-0.4, -0.2) is 22.3 Å². The van der Waals surface area contributed by atoms with Crippen LogP contribution < -0.4 is 0 Å². The van der Waals surface area contributed by atoms with E-state index >= 15 is 0 Å². The molecule has 0 heterocycles. The minimum absolute atomic E-state index is 0.0417. The molecule has 6 heteroatoms. The third-order valence-electron chi connectivity index (χ3n) is 3.33. The lowest BCUT2D eigenvalue weighted by molar-refractivity contribution is -0.419. The van der Waals surface area contributed by atoms with E-state index in [2.05, 4.69) is 0 Å². The van der Waals surface area contributed by atoms with Gasteiger partial charge in [-0.3, -0.25) is 24.5 Å². The molecular weight excluding hydrogens is 262 g/mol. The van der Waals surface area contributed by atoms with Gasteiger partial charge < -0.3 is 0 Å². The number of hydrogen-bond acceptors (Lipinski definition) is 5. The summed E-state index contributed by atoms with van der Waals surface area (Å²) in [6.45, 7) is 0. The maximum absolute atomic E-state index is 12.3. The molecule has 1 aromatic carbocycles. The summed E-state index contributed by atoms with van der Waals surface area (Å²) >= 11 is 0. The topological polar surface area (TPSA) is 94.3 Å². The fourth-order valence-corrected chi connectivity index (χ4v) is 2.45. The average molecular weight is 269 g/mol. The second-order valence-corrected chi connectivity index (χ2v) is 4.43. The summed E-state index contributed by atoms with van der Waals surface area (Å²) in [5, 5.41) is 11.0. The van der Waals surface area contributed by atoms with E-state index in [9.17, 15) is 24.5 Å². The molecule has 2 aliphatic rings. The Morgan fingerprint density at radius 1 is 1.00 bits per heavy atom.